The molecule has 0 radical (unpaired) electrons. The van der Waals surface area contributed by atoms with Crippen molar-refractivity contribution in [2.75, 3.05) is 6.54 Å². The Morgan fingerprint density at radius 3 is 2.69 bits per heavy atom. The zero-order chi connectivity index (χ0) is 11.7. The summed E-state index contributed by atoms with van der Waals surface area (Å²) in [5.41, 5.74) is 1.13. The highest BCUT2D eigenvalue weighted by Gasteiger charge is 2.24. The van der Waals surface area contributed by atoms with Gasteiger partial charge >= 0.3 is 0 Å². The maximum Gasteiger partial charge on any atom is 0.0962 e. The number of hydrogen-bond acceptors (Lipinski definition) is 3. The van der Waals surface area contributed by atoms with Crippen LogP contribution in [0.15, 0.2) is 0 Å². The average molecular weight is 237 g/mol. The Bertz CT molecular complexity index is 397. The van der Waals surface area contributed by atoms with Gasteiger partial charge in [0.05, 0.1) is 22.6 Å². The molecule has 2 rings (SSSR count). The second-order valence-corrected chi connectivity index (χ2v) is 5.69. The maximum absolute atomic E-state index is 8.01. The van der Waals surface area contributed by atoms with Crippen LogP contribution in [0.5, 0.6) is 0 Å². The SMILES string of the molecule is Cc1nc(C)c(C(C)N2CCCCC2=N)s1. The number of nitrogens with one attached hydrogen (secondary N) is 1. The van der Waals surface area contributed by atoms with Crippen LogP contribution in [0, 0.1) is 19.3 Å². The van der Waals surface area contributed by atoms with Gasteiger partial charge in [0.15, 0.2) is 0 Å². The minimum Gasteiger partial charge on any atom is -0.353 e. The van der Waals surface area contributed by atoms with E-state index in [9.17, 15) is 0 Å². The Labute approximate surface area is 101 Å². The van der Waals surface area contributed by atoms with E-state index in [1.54, 1.807) is 11.3 Å². The molecule has 88 valence electrons. The van der Waals surface area contributed by atoms with Gasteiger partial charge in [0, 0.05) is 17.8 Å². The highest BCUT2D eigenvalue weighted by atomic mass is 32.1. The molecule has 0 bridgehead atoms. The minimum absolute atomic E-state index is 0.319. The summed E-state index contributed by atoms with van der Waals surface area (Å²) in [7, 11) is 0. The van der Waals surface area contributed by atoms with Crippen LogP contribution in [0.4, 0.5) is 0 Å². The van der Waals surface area contributed by atoms with E-state index in [1.165, 1.54) is 17.7 Å². The first-order valence-electron chi connectivity index (χ1n) is 5.87. The van der Waals surface area contributed by atoms with E-state index in [0.29, 0.717) is 6.04 Å². The molecule has 4 heteroatoms. The molecule has 1 fully saturated rings. The number of likely N-dealkylation sites (tertiary alicyclic amines) is 1. The number of hydrogen-bond donors (Lipinski definition) is 1. The Hall–Kier alpha value is -0.900. The smallest absolute Gasteiger partial charge is 0.0962 e. The maximum atomic E-state index is 8.01. The molecule has 1 N–H and O–H groups in total. The minimum atomic E-state index is 0.319. The fourth-order valence-corrected chi connectivity index (χ4v) is 3.35. The van der Waals surface area contributed by atoms with Gasteiger partial charge in [0.1, 0.15) is 0 Å². The van der Waals surface area contributed by atoms with Gasteiger partial charge in [-0.25, -0.2) is 4.98 Å². The normalized spacial score (nSPS) is 18.9. The molecular formula is C12H19N3S. The summed E-state index contributed by atoms with van der Waals surface area (Å²) in [6, 6.07) is 0.319. The summed E-state index contributed by atoms with van der Waals surface area (Å²) >= 11 is 1.77. The van der Waals surface area contributed by atoms with E-state index in [1.807, 2.05) is 0 Å². The van der Waals surface area contributed by atoms with Gasteiger partial charge in [-0.3, -0.25) is 5.41 Å². The third kappa shape index (κ3) is 2.12. The lowest BCUT2D eigenvalue weighted by Gasteiger charge is -2.34. The van der Waals surface area contributed by atoms with Gasteiger partial charge in [0.25, 0.3) is 0 Å². The van der Waals surface area contributed by atoms with Crippen LogP contribution in [-0.2, 0) is 0 Å². The number of aromatic nitrogens is 1. The van der Waals surface area contributed by atoms with E-state index in [0.717, 1.165) is 29.5 Å². The molecule has 16 heavy (non-hydrogen) atoms. The van der Waals surface area contributed by atoms with Crippen LogP contribution >= 0.6 is 11.3 Å². The molecule has 1 atom stereocenters. The van der Waals surface area contributed by atoms with Crippen LogP contribution in [0.1, 0.15) is 47.8 Å². The average Bonchev–Trinajstić information content (AvgIpc) is 2.58. The summed E-state index contributed by atoms with van der Waals surface area (Å²) in [5.74, 6) is 0.796. The molecular weight excluding hydrogens is 218 g/mol. The van der Waals surface area contributed by atoms with Gasteiger partial charge in [-0.1, -0.05) is 0 Å². The van der Waals surface area contributed by atoms with Crippen molar-refractivity contribution in [1.82, 2.24) is 9.88 Å². The summed E-state index contributed by atoms with van der Waals surface area (Å²) < 4.78 is 0. The Balaban J connectivity index is 2.20. The fraction of sp³-hybridized carbons (Fsp3) is 0.667. The van der Waals surface area contributed by atoms with Gasteiger partial charge in [0.2, 0.25) is 0 Å². The highest BCUT2D eigenvalue weighted by Crippen LogP contribution is 2.31. The quantitative estimate of drug-likeness (QED) is 0.857. The number of rotatable bonds is 2. The van der Waals surface area contributed by atoms with E-state index < -0.39 is 0 Å². The van der Waals surface area contributed by atoms with Gasteiger partial charge in [-0.2, -0.15) is 0 Å². The van der Waals surface area contributed by atoms with Crippen LogP contribution in [0.3, 0.4) is 0 Å². The van der Waals surface area contributed by atoms with E-state index in [4.69, 9.17) is 5.41 Å². The Morgan fingerprint density at radius 1 is 1.38 bits per heavy atom. The molecule has 1 aliphatic rings. The van der Waals surface area contributed by atoms with Crippen molar-refractivity contribution >= 4 is 17.2 Å². The number of piperidine rings is 1. The first-order valence-corrected chi connectivity index (χ1v) is 6.69. The van der Waals surface area contributed by atoms with Crippen molar-refractivity contribution in [3.63, 3.8) is 0 Å². The number of amidine groups is 1. The molecule has 3 nitrogen and oxygen atoms in total. The number of thiazole rings is 1. The first-order chi connectivity index (χ1) is 7.59. The number of nitrogens with zero attached hydrogens (tertiary/aromatic N) is 2. The lowest BCUT2D eigenvalue weighted by atomic mass is 10.1. The third-order valence-electron chi connectivity index (χ3n) is 3.20. The second kappa shape index (κ2) is 4.53. The van der Waals surface area contributed by atoms with Crippen molar-refractivity contribution in [2.24, 2.45) is 0 Å². The van der Waals surface area contributed by atoms with Crippen LogP contribution in [0.2, 0.25) is 0 Å². The number of aryl methyl sites for hydroxylation is 2. The Kier molecular flexibility index (Phi) is 3.28. The largest absolute Gasteiger partial charge is 0.353 e. The fourth-order valence-electron chi connectivity index (χ4n) is 2.36. The summed E-state index contributed by atoms with van der Waals surface area (Å²) in [5, 5.41) is 9.14. The Morgan fingerprint density at radius 2 is 2.12 bits per heavy atom. The lowest BCUT2D eigenvalue weighted by Crippen LogP contribution is -2.36. The molecule has 0 saturated carbocycles. The molecule has 0 aliphatic carbocycles. The van der Waals surface area contributed by atoms with E-state index >= 15 is 0 Å². The zero-order valence-electron chi connectivity index (χ0n) is 10.2. The predicted octanol–water partition coefficient (Wildman–Crippen LogP) is 3.28. The second-order valence-electron chi connectivity index (χ2n) is 4.46. The molecule has 0 aromatic carbocycles. The van der Waals surface area contributed by atoms with Crippen molar-refractivity contribution in [3.8, 4) is 0 Å². The van der Waals surface area contributed by atoms with Crippen LogP contribution in [-0.4, -0.2) is 22.3 Å². The third-order valence-corrected chi connectivity index (χ3v) is 4.44. The molecule has 1 aliphatic heterocycles. The molecule has 0 spiro atoms. The van der Waals surface area contributed by atoms with E-state index in [2.05, 4.69) is 30.7 Å². The van der Waals surface area contributed by atoms with Crippen molar-refractivity contribution in [1.29, 1.82) is 5.41 Å². The molecule has 1 unspecified atom stereocenters. The van der Waals surface area contributed by atoms with Crippen molar-refractivity contribution in [2.45, 2.75) is 46.1 Å². The van der Waals surface area contributed by atoms with Crippen LogP contribution < -0.4 is 0 Å². The lowest BCUT2D eigenvalue weighted by molar-refractivity contribution is 0.302. The van der Waals surface area contributed by atoms with Gasteiger partial charge in [-0.05, 0) is 33.6 Å². The predicted molar refractivity (Wildman–Crippen MR) is 68.3 cm³/mol. The monoisotopic (exact) mass is 237 g/mol. The van der Waals surface area contributed by atoms with E-state index in [-0.39, 0.29) is 0 Å². The highest BCUT2D eigenvalue weighted by molar-refractivity contribution is 7.11. The molecule has 2 heterocycles. The topological polar surface area (TPSA) is 40.0 Å². The summed E-state index contributed by atoms with van der Waals surface area (Å²) in [4.78, 5) is 8.02. The summed E-state index contributed by atoms with van der Waals surface area (Å²) in [6.07, 6.45) is 3.31. The first kappa shape index (κ1) is 11.6. The van der Waals surface area contributed by atoms with Gasteiger partial charge in [-0.15, -0.1) is 11.3 Å². The zero-order valence-corrected chi connectivity index (χ0v) is 11.0. The van der Waals surface area contributed by atoms with Gasteiger partial charge < -0.3 is 4.90 Å². The summed E-state index contributed by atoms with van der Waals surface area (Å²) in [6.45, 7) is 7.34. The molecule has 1 aromatic rings. The van der Waals surface area contributed by atoms with Crippen molar-refractivity contribution < 1.29 is 0 Å². The van der Waals surface area contributed by atoms with Crippen LogP contribution in [0.25, 0.3) is 0 Å². The molecule has 1 saturated heterocycles. The van der Waals surface area contributed by atoms with Crippen molar-refractivity contribution in [3.05, 3.63) is 15.6 Å². The standard InChI is InChI=1S/C12H19N3S/c1-8-12(16-10(3)14-8)9(2)15-7-5-4-6-11(15)13/h9,13H,4-7H2,1-3H3. The molecule has 1 aromatic heterocycles. The molecule has 0 amide bonds.